The van der Waals surface area contributed by atoms with Crippen LogP contribution in [0.5, 0.6) is 0 Å². The molecule has 1 aromatic carbocycles. The van der Waals surface area contributed by atoms with Crippen molar-refractivity contribution in [3.8, 4) is 0 Å². The largest absolute Gasteiger partial charge is 0.230 e. The van der Waals surface area contributed by atoms with E-state index in [1.807, 2.05) is 12.1 Å². The Hall–Kier alpha value is -1.06. The lowest BCUT2D eigenvalue weighted by Gasteiger charge is -2.03. The molecule has 0 N–H and O–H groups in total. The van der Waals surface area contributed by atoms with Crippen LogP contribution in [0.1, 0.15) is 5.56 Å². The summed E-state index contributed by atoms with van der Waals surface area (Å²) in [5.74, 6) is 0. The molecule has 4 heteroatoms. The molecule has 0 aliphatic rings. The van der Waals surface area contributed by atoms with Crippen LogP contribution in [0, 0.1) is 6.92 Å². The van der Waals surface area contributed by atoms with E-state index in [-0.39, 0.29) is 0 Å². The Bertz CT molecular complexity index is 474. The highest BCUT2D eigenvalue weighted by molar-refractivity contribution is 7.99. The third kappa shape index (κ3) is 2.70. The normalized spacial score (nSPS) is 10.3. The predicted octanol–water partition coefficient (Wildman–Crippen LogP) is 3.59. The minimum Gasteiger partial charge on any atom is -0.230 e. The van der Waals surface area contributed by atoms with Gasteiger partial charge in [0.1, 0.15) is 16.5 Å². The first kappa shape index (κ1) is 10.5. The van der Waals surface area contributed by atoms with Crippen LogP contribution in [0.3, 0.4) is 0 Å². The van der Waals surface area contributed by atoms with Gasteiger partial charge in [-0.25, -0.2) is 9.97 Å². The predicted molar refractivity (Wildman–Crippen MR) is 62.3 cm³/mol. The van der Waals surface area contributed by atoms with Crippen LogP contribution in [0.2, 0.25) is 5.15 Å². The second-order valence-electron chi connectivity index (χ2n) is 3.05. The molecule has 76 valence electrons. The Morgan fingerprint density at radius 1 is 1.20 bits per heavy atom. The summed E-state index contributed by atoms with van der Waals surface area (Å²) in [5.41, 5.74) is 1.23. The number of hydrogen-bond acceptors (Lipinski definition) is 3. The van der Waals surface area contributed by atoms with Crippen LogP contribution in [0.4, 0.5) is 0 Å². The number of halogens is 1. The van der Waals surface area contributed by atoms with Gasteiger partial charge in [0, 0.05) is 11.0 Å². The van der Waals surface area contributed by atoms with Gasteiger partial charge in [-0.05, 0) is 18.6 Å². The third-order valence-corrected chi connectivity index (χ3v) is 3.23. The van der Waals surface area contributed by atoms with Gasteiger partial charge in [-0.3, -0.25) is 0 Å². The van der Waals surface area contributed by atoms with Crippen molar-refractivity contribution in [2.45, 2.75) is 16.8 Å². The molecular formula is C11H9ClN2S. The summed E-state index contributed by atoms with van der Waals surface area (Å²) in [6, 6.07) is 9.93. The summed E-state index contributed by atoms with van der Waals surface area (Å²) < 4.78 is 0. The van der Waals surface area contributed by atoms with Crippen molar-refractivity contribution >= 4 is 23.4 Å². The van der Waals surface area contributed by atoms with Crippen LogP contribution in [0.15, 0.2) is 46.6 Å². The average molecular weight is 237 g/mol. The number of aryl methyl sites for hydroxylation is 1. The number of aromatic nitrogens is 2. The van der Waals surface area contributed by atoms with Gasteiger partial charge >= 0.3 is 0 Å². The first-order chi connectivity index (χ1) is 7.25. The van der Waals surface area contributed by atoms with E-state index in [1.165, 1.54) is 16.8 Å². The highest BCUT2D eigenvalue weighted by atomic mass is 35.5. The van der Waals surface area contributed by atoms with Crippen LogP contribution in [-0.2, 0) is 0 Å². The first-order valence-electron chi connectivity index (χ1n) is 4.47. The maximum absolute atomic E-state index is 5.79. The summed E-state index contributed by atoms with van der Waals surface area (Å²) in [7, 11) is 0. The van der Waals surface area contributed by atoms with E-state index in [2.05, 4.69) is 29.0 Å². The number of hydrogen-bond donors (Lipinski definition) is 0. The van der Waals surface area contributed by atoms with Crippen molar-refractivity contribution in [1.82, 2.24) is 9.97 Å². The zero-order valence-corrected chi connectivity index (χ0v) is 9.72. The van der Waals surface area contributed by atoms with Gasteiger partial charge in [-0.15, -0.1) is 0 Å². The topological polar surface area (TPSA) is 25.8 Å². The molecular weight excluding hydrogens is 228 g/mol. The Labute approximate surface area is 97.7 Å². The fraction of sp³-hybridized carbons (Fsp3) is 0.0909. The molecule has 2 aromatic rings. The molecule has 1 heterocycles. The van der Waals surface area contributed by atoms with Crippen molar-refractivity contribution < 1.29 is 0 Å². The Morgan fingerprint density at radius 3 is 2.73 bits per heavy atom. The zero-order valence-electron chi connectivity index (χ0n) is 8.14. The lowest BCUT2D eigenvalue weighted by molar-refractivity contribution is 1.05. The van der Waals surface area contributed by atoms with Gasteiger partial charge in [-0.1, -0.05) is 41.6 Å². The lowest BCUT2D eigenvalue weighted by Crippen LogP contribution is -1.84. The van der Waals surface area contributed by atoms with E-state index in [4.69, 9.17) is 11.6 Å². The molecule has 2 nitrogen and oxygen atoms in total. The number of rotatable bonds is 2. The molecule has 15 heavy (non-hydrogen) atoms. The Kier molecular flexibility index (Phi) is 3.23. The maximum Gasteiger partial charge on any atom is 0.133 e. The number of nitrogens with zero attached hydrogens (tertiary/aromatic N) is 2. The van der Waals surface area contributed by atoms with Crippen LogP contribution in [0.25, 0.3) is 0 Å². The lowest BCUT2D eigenvalue weighted by atomic mass is 10.2. The molecule has 2 rings (SSSR count). The molecule has 0 saturated heterocycles. The quantitative estimate of drug-likeness (QED) is 0.746. The molecule has 1 aromatic heterocycles. The first-order valence-corrected chi connectivity index (χ1v) is 5.66. The fourth-order valence-corrected chi connectivity index (χ4v) is 2.24. The second-order valence-corrected chi connectivity index (χ2v) is 4.50. The third-order valence-electron chi connectivity index (χ3n) is 1.92. The van der Waals surface area contributed by atoms with E-state index in [1.54, 1.807) is 17.8 Å². The summed E-state index contributed by atoms with van der Waals surface area (Å²) in [6.45, 7) is 2.07. The Balaban J connectivity index is 2.26. The Morgan fingerprint density at radius 2 is 2.00 bits per heavy atom. The highest BCUT2D eigenvalue weighted by Gasteiger charge is 2.02. The molecule has 0 saturated carbocycles. The summed E-state index contributed by atoms with van der Waals surface area (Å²) in [5, 5.41) is 1.34. The molecule has 0 aliphatic heterocycles. The van der Waals surface area contributed by atoms with E-state index in [0.29, 0.717) is 5.15 Å². The maximum atomic E-state index is 5.79. The van der Waals surface area contributed by atoms with E-state index in [9.17, 15) is 0 Å². The van der Waals surface area contributed by atoms with Crippen molar-refractivity contribution in [3.05, 3.63) is 47.4 Å². The van der Waals surface area contributed by atoms with Crippen molar-refractivity contribution in [3.63, 3.8) is 0 Å². The van der Waals surface area contributed by atoms with Crippen LogP contribution >= 0.6 is 23.4 Å². The van der Waals surface area contributed by atoms with E-state index in [0.717, 1.165) is 5.03 Å². The summed E-state index contributed by atoms with van der Waals surface area (Å²) >= 11 is 7.38. The van der Waals surface area contributed by atoms with E-state index >= 15 is 0 Å². The van der Waals surface area contributed by atoms with Crippen molar-refractivity contribution in [2.75, 3.05) is 0 Å². The van der Waals surface area contributed by atoms with Gasteiger partial charge in [0.05, 0.1) is 0 Å². The second kappa shape index (κ2) is 4.64. The standard InChI is InChI=1S/C11H9ClN2S/c1-8-4-2-3-5-9(8)15-11-6-10(12)13-7-14-11/h2-7H,1H3. The molecule has 0 bridgehead atoms. The van der Waals surface area contributed by atoms with Crippen LogP contribution in [-0.4, -0.2) is 9.97 Å². The van der Waals surface area contributed by atoms with Crippen molar-refractivity contribution in [2.24, 2.45) is 0 Å². The van der Waals surface area contributed by atoms with Gasteiger partial charge in [0.15, 0.2) is 0 Å². The van der Waals surface area contributed by atoms with Gasteiger partial charge in [0.25, 0.3) is 0 Å². The summed E-state index contributed by atoms with van der Waals surface area (Å²) in [4.78, 5) is 9.18. The minimum atomic E-state index is 0.473. The molecule has 0 spiro atoms. The van der Waals surface area contributed by atoms with Crippen molar-refractivity contribution in [1.29, 1.82) is 0 Å². The SMILES string of the molecule is Cc1ccccc1Sc1cc(Cl)ncn1. The molecule has 0 radical (unpaired) electrons. The summed E-state index contributed by atoms with van der Waals surface area (Å²) in [6.07, 6.45) is 1.48. The molecule has 0 atom stereocenters. The van der Waals surface area contributed by atoms with Gasteiger partial charge < -0.3 is 0 Å². The highest BCUT2D eigenvalue weighted by Crippen LogP contribution is 2.28. The molecule has 0 unspecified atom stereocenters. The molecule has 0 amide bonds. The molecule has 0 fully saturated rings. The fourth-order valence-electron chi connectivity index (χ4n) is 1.16. The van der Waals surface area contributed by atoms with Crippen LogP contribution < -0.4 is 0 Å². The smallest absolute Gasteiger partial charge is 0.133 e. The number of benzene rings is 1. The zero-order chi connectivity index (χ0) is 10.7. The molecule has 0 aliphatic carbocycles. The monoisotopic (exact) mass is 236 g/mol. The van der Waals surface area contributed by atoms with Gasteiger partial charge in [-0.2, -0.15) is 0 Å². The minimum absolute atomic E-state index is 0.473. The van der Waals surface area contributed by atoms with E-state index < -0.39 is 0 Å². The average Bonchev–Trinajstić information content (AvgIpc) is 2.22. The van der Waals surface area contributed by atoms with Gasteiger partial charge in [0.2, 0.25) is 0 Å².